The van der Waals surface area contributed by atoms with E-state index in [0.29, 0.717) is 17.9 Å². The van der Waals surface area contributed by atoms with E-state index in [0.717, 1.165) is 17.8 Å². The zero-order valence-electron chi connectivity index (χ0n) is 16.1. The number of hydrogen-bond acceptors (Lipinski definition) is 5. The Morgan fingerprint density at radius 3 is 2.79 bits per heavy atom. The summed E-state index contributed by atoms with van der Waals surface area (Å²) < 4.78 is 20.1. The van der Waals surface area contributed by atoms with Crippen LogP contribution in [0.5, 0.6) is 0 Å². The summed E-state index contributed by atoms with van der Waals surface area (Å²) in [7, 11) is 0. The first-order valence-electron chi connectivity index (χ1n) is 9.32. The van der Waals surface area contributed by atoms with Crippen LogP contribution in [0.2, 0.25) is 0 Å². The van der Waals surface area contributed by atoms with Crippen LogP contribution in [0.3, 0.4) is 0 Å². The van der Waals surface area contributed by atoms with Gasteiger partial charge >= 0.3 is 0 Å². The number of nitrogens with one attached hydrogen (secondary N) is 1. The molecule has 0 unspecified atom stereocenters. The number of carbonyl (C=O) groups is 2. The van der Waals surface area contributed by atoms with Crippen molar-refractivity contribution >= 4 is 17.5 Å². The number of hydrogen-bond donors (Lipinski definition) is 1. The fraction of sp³-hybridized carbons (Fsp3) is 0.300. The summed E-state index contributed by atoms with van der Waals surface area (Å²) >= 11 is 0. The molecule has 1 aliphatic rings. The molecule has 9 heteroatoms. The summed E-state index contributed by atoms with van der Waals surface area (Å²) in [5, 5.41) is 11.0. The van der Waals surface area contributed by atoms with Crippen LogP contribution in [0, 0.1) is 12.7 Å². The van der Waals surface area contributed by atoms with Crippen LogP contribution in [0.25, 0.3) is 11.3 Å². The van der Waals surface area contributed by atoms with E-state index in [1.54, 1.807) is 24.4 Å². The molecule has 8 nitrogen and oxygen atoms in total. The molecule has 3 heterocycles. The van der Waals surface area contributed by atoms with E-state index >= 15 is 0 Å². The van der Waals surface area contributed by atoms with Gasteiger partial charge in [0.05, 0.1) is 12.2 Å². The number of halogens is 1. The Bertz CT molecular complexity index is 1060. The summed E-state index contributed by atoms with van der Waals surface area (Å²) in [5.74, 6) is -0.881. The van der Waals surface area contributed by atoms with Gasteiger partial charge in [-0.15, -0.1) is 0 Å². The number of aryl methyl sites for hydroxylation is 1. The Morgan fingerprint density at radius 2 is 2.10 bits per heavy atom. The quantitative estimate of drug-likeness (QED) is 0.714. The van der Waals surface area contributed by atoms with Crippen LogP contribution < -0.4 is 10.2 Å². The third kappa shape index (κ3) is 3.63. The van der Waals surface area contributed by atoms with Gasteiger partial charge in [0.25, 0.3) is 5.91 Å². The molecule has 0 spiro atoms. The van der Waals surface area contributed by atoms with E-state index in [9.17, 15) is 14.0 Å². The van der Waals surface area contributed by atoms with Crippen molar-refractivity contribution in [2.24, 2.45) is 0 Å². The second-order valence-corrected chi connectivity index (χ2v) is 6.89. The highest BCUT2D eigenvalue weighted by Gasteiger charge is 2.32. The van der Waals surface area contributed by atoms with Crippen molar-refractivity contribution in [1.82, 2.24) is 20.3 Å². The van der Waals surface area contributed by atoms with E-state index < -0.39 is 5.91 Å². The average molecular weight is 397 g/mol. The predicted octanol–water partition coefficient (Wildman–Crippen LogP) is 2.54. The van der Waals surface area contributed by atoms with E-state index in [1.165, 1.54) is 17.0 Å². The highest BCUT2D eigenvalue weighted by atomic mass is 19.1. The molecule has 0 bridgehead atoms. The fourth-order valence-corrected chi connectivity index (χ4v) is 3.46. The zero-order chi connectivity index (χ0) is 20.5. The Kier molecular flexibility index (Phi) is 4.87. The smallest absolute Gasteiger partial charge is 0.290 e. The van der Waals surface area contributed by atoms with Crippen LogP contribution in [0.1, 0.15) is 29.6 Å². The van der Waals surface area contributed by atoms with Crippen LogP contribution in [0.15, 0.2) is 41.1 Å². The third-order valence-corrected chi connectivity index (χ3v) is 5.01. The molecule has 29 heavy (non-hydrogen) atoms. The van der Waals surface area contributed by atoms with E-state index in [4.69, 9.17) is 4.52 Å². The van der Waals surface area contributed by atoms with E-state index in [-0.39, 0.29) is 29.9 Å². The summed E-state index contributed by atoms with van der Waals surface area (Å²) in [6.45, 7) is 4.95. The lowest BCUT2D eigenvalue weighted by molar-refractivity contribution is -0.117. The second-order valence-electron chi connectivity index (χ2n) is 6.89. The van der Waals surface area contributed by atoms with Gasteiger partial charge in [-0.25, -0.2) is 4.39 Å². The highest BCUT2D eigenvalue weighted by Crippen LogP contribution is 2.24. The number of anilines is 1. The summed E-state index contributed by atoms with van der Waals surface area (Å²) in [6, 6.07) is 6.87. The van der Waals surface area contributed by atoms with Gasteiger partial charge in [-0.2, -0.15) is 5.10 Å². The molecule has 3 aromatic rings. The average Bonchev–Trinajstić information content (AvgIpc) is 3.41. The van der Waals surface area contributed by atoms with Gasteiger partial charge in [0, 0.05) is 42.5 Å². The molecule has 0 aliphatic carbocycles. The Hall–Kier alpha value is -3.49. The number of nitrogens with zero attached hydrogens (tertiary/aromatic N) is 4. The van der Waals surface area contributed by atoms with Gasteiger partial charge in [-0.05, 0) is 38.1 Å². The fourth-order valence-electron chi connectivity index (χ4n) is 3.46. The number of amides is 2. The van der Waals surface area contributed by atoms with E-state index in [1.807, 2.05) is 18.5 Å². The van der Waals surface area contributed by atoms with Crippen molar-refractivity contribution < 1.29 is 18.5 Å². The lowest BCUT2D eigenvalue weighted by Crippen LogP contribution is -2.37. The topological polar surface area (TPSA) is 93.3 Å². The molecule has 2 amide bonds. The van der Waals surface area contributed by atoms with Crippen molar-refractivity contribution in [2.75, 3.05) is 11.4 Å². The Morgan fingerprint density at radius 1 is 1.34 bits per heavy atom. The third-order valence-electron chi connectivity index (χ3n) is 5.01. The van der Waals surface area contributed by atoms with Crippen molar-refractivity contribution in [3.05, 3.63) is 53.8 Å². The van der Waals surface area contributed by atoms with Crippen LogP contribution in [-0.2, 0) is 11.3 Å². The monoisotopic (exact) mass is 397 g/mol. The minimum absolute atomic E-state index is 0.0660. The maximum atomic E-state index is 13.1. The first-order valence-corrected chi connectivity index (χ1v) is 9.32. The first kappa shape index (κ1) is 18.9. The zero-order valence-corrected chi connectivity index (χ0v) is 16.1. The molecule has 4 rings (SSSR count). The summed E-state index contributed by atoms with van der Waals surface area (Å²) in [6.07, 6.45) is 1.85. The molecule has 2 aromatic heterocycles. The standard InChI is InChI=1S/C20H20FN5O3/c1-3-26-12(2)16(10-22-26)17-9-18(29-24-17)20(28)23-14-8-19(27)25(11-14)15-6-4-13(21)5-7-15/h4-7,9-10,14H,3,8,11H2,1-2H3,(H,23,28)/t14-/m0/s1. The minimum atomic E-state index is -0.442. The molecular weight excluding hydrogens is 377 g/mol. The van der Waals surface area contributed by atoms with Gasteiger partial charge in [-0.3, -0.25) is 14.3 Å². The van der Waals surface area contributed by atoms with Crippen LogP contribution in [0.4, 0.5) is 10.1 Å². The van der Waals surface area contributed by atoms with Gasteiger partial charge in [0.1, 0.15) is 11.5 Å². The first-order chi connectivity index (χ1) is 14.0. The lowest BCUT2D eigenvalue weighted by Gasteiger charge is -2.16. The number of rotatable bonds is 5. The van der Waals surface area contributed by atoms with Crippen molar-refractivity contribution in [3.63, 3.8) is 0 Å². The largest absolute Gasteiger partial charge is 0.350 e. The number of benzene rings is 1. The molecule has 1 saturated heterocycles. The van der Waals surface area contributed by atoms with E-state index in [2.05, 4.69) is 15.6 Å². The van der Waals surface area contributed by atoms with Gasteiger partial charge in [-0.1, -0.05) is 5.16 Å². The molecule has 1 aromatic carbocycles. The Labute approximate surface area is 166 Å². The molecule has 150 valence electrons. The van der Waals surface area contributed by atoms with Gasteiger partial charge in [0.15, 0.2) is 0 Å². The van der Waals surface area contributed by atoms with Crippen LogP contribution in [-0.4, -0.2) is 39.3 Å². The molecule has 1 N–H and O–H groups in total. The summed E-state index contributed by atoms with van der Waals surface area (Å²) in [4.78, 5) is 26.3. The molecular formula is C20H20FN5O3. The molecule has 0 radical (unpaired) electrons. The molecule has 1 fully saturated rings. The predicted molar refractivity (Wildman–Crippen MR) is 103 cm³/mol. The normalized spacial score (nSPS) is 16.4. The Balaban J connectivity index is 1.43. The van der Waals surface area contributed by atoms with Gasteiger partial charge < -0.3 is 14.7 Å². The number of carbonyl (C=O) groups excluding carboxylic acids is 2. The van der Waals surface area contributed by atoms with Crippen molar-refractivity contribution in [2.45, 2.75) is 32.9 Å². The minimum Gasteiger partial charge on any atom is -0.350 e. The lowest BCUT2D eigenvalue weighted by atomic mass is 10.2. The van der Waals surface area contributed by atoms with Crippen molar-refractivity contribution in [3.8, 4) is 11.3 Å². The molecule has 1 atom stereocenters. The summed E-state index contributed by atoms with van der Waals surface area (Å²) in [5.41, 5.74) is 2.86. The SMILES string of the molecule is CCn1ncc(-c2cc(C(=O)N[C@H]3CC(=O)N(c4ccc(F)cc4)C3)on2)c1C. The highest BCUT2D eigenvalue weighted by molar-refractivity contribution is 5.98. The van der Waals surface area contributed by atoms with Crippen molar-refractivity contribution in [1.29, 1.82) is 0 Å². The number of aromatic nitrogens is 3. The van der Waals surface area contributed by atoms with Crippen LogP contribution >= 0.6 is 0 Å². The van der Waals surface area contributed by atoms with Gasteiger partial charge in [0.2, 0.25) is 11.7 Å². The molecule has 0 saturated carbocycles. The maximum Gasteiger partial charge on any atom is 0.290 e. The second kappa shape index (κ2) is 7.50. The molecule has 1 aliphatic heterocycles. The maximum absolute atomic E-state index is 13.1.